The molecule has 0 amide bonds. The lowest BCUT2D eigenvalue weighted by atomic mass is 9.58. The van der Waals surface area contributed by atoms with Crippen LogP contribution in [0, 0.1) is 45.3 Å². The van der Waals surface area contributed by atoms with Crippen molar-refractivity contribution in [2.45, 2.75) is 67.2 Å². The minimum atomic E-state index is 0.00241. The maximum Gasteiger partial charge on any atom is 0.148 e. The van der Waals surface area contributed by atoms with Crippen molar-refractivity contribution in [2.75, 3.05) is 0 Å². The van der Waals surface area contributed by atoms with Gasteiger partial charge in [-0.3, -0.25) is 4.79 Å². The van der Waals surface area contributed by atoms with E-state index in [1.54, 1.807) is 0 Å². The van der Waals surface area contributed by atoms with Crippen LogP contribution in [0.4, 0.5) is 0 Å². The lowest BCUT2D eigenvalue weighted by molar-refractivity contribution is -0.133. The van der Waals surface area contributed by atoms with Gasteiger partial charge < -0.3 is 0 Å². The van der Waals surface area contributed by atoms with E-state index in [4.69, 9.17) is 0 Å². The Morgan fingerprint density at radius 1 is 0.639 bits per heavy atom. The summed E-state index contributed by atoms with van der Waals surface area (Å²) in [6, 6.07) is 21.4. The molecule has 0 aliphatic heterocycles. The topological polar surface area (TPSA) is 17.1 Å². The zero-order valence-electron chi connectivity index (χ0n) is 23.0. The Balaban J connectivity index is 1.50. The molecule has 0 spiro atoms. The van der Waals surface area contributed by atoms with Crippen LogP contribution in [0.15, 0.2) is 71.8 Å². The molecule has 6 unspecified atom stereocenters. The molecular weight excluding hydrogens is 436 g/mol. The quantitative estimate of drug-likeness (QED) is 0.429. The first kappa shape index (κ1) is 24.0. The van der Waals surface area contributed by atoms with Crippen LogP contribution in [0.1, 0.15) is 78.4 Å². The summed E-state index contributed by atoms with van der Waals surface area (Å²) in [6.07, 6.45) is 9.49. The van der Waals surface area contributed by atoms with E-state index in [-0.39, 0.29) is 33.5 Å². The summed E-state index contributed by atoms with van der Waals surface area (Å²) >= 11 is 0. The highest BCUT2D eigenvalue weighted by Crippen LogP contribution is 2.75. The van der Waals surface area contributed by atoms with Crippen molar-refractivity contribution >= 4 is 17.9 Å². The predicted molar refractivity (Wildman–Crippen MR) is 150 cm³/mol. The second-order valence-electron chi connectivity index (χ2n) is 13.8. The third kappa shape index (κ3) is 2.98. The first-order chi connectivity index (χ1) is 17.0. The molecule has 4 fully saturated rings. The normalized spacial score (nSPS) is 39.8. The monoisotopic (exact) mass is 478 g/mol. The van der Waals surface area contributed by atoms with Gasteiger partial charge in [0, 0.05) is 11.8 Å². The summed E-state index contributed by atoms with van der Waals surface area (Å²) in [5.41, 5.74) is 5.57. The molecular formula is C35H42O. The Kier molecular flexibility index (Phi) is 5.19. The fourth-order valence-electron chi connectivity index (χ4n) is 9.36. The largest absolute Gasteiger partial charge is 0.298 e. The Hall–Kier alpha value is -2.41. The Morgan fingerprint density at radius 3 is 1.36 bits per heavy atom. The van der Waals surface area contributed by atoms with Crippen molar-refractivity contribution in [2.24, 2.45) is 45.3 Å². The Labute approximate surface area is 218 Å². The van der Waals surface area contributed by atoms with E-state index < -0.39 is 0 Å². The molecule has 1 heteroatoms. The maximum absolute atomic E-state index is 15.1. The van der Waals surface area contributed by atoms with Gasteiger partial charge in [-0.15, -0.1) is 0 Å². The predicted octanol–water partition coefficient (Wildman–Crippen LogP) is 8.87. The lowest BCUT2D eigenvalue weighted by Crippen LogP contribution is -2.44. The summed E-state index contributed by atoms with van der Waals surface area (Å²) in [6.45, 7) is 14.6. The van der Waals surface area contributed by atoms with Gasteiger partial charge in [-0.05, 0) is 70.3 Å². The zero-order chi connectivity index (χ0) is 25.5. The summed E-state index contributed by atoms with van der Waals surface area (Å²) in [5.74, 6) is 1.48. The summed E-state index contributed by atoms with van der Waals surface area (Å²) in [5, 5.41) is 0. The van der Waals surface area contributed by atoms with Gasteiger partial charge in [-0.25, -0.2) is 0 Å². The first-order valence-corrected chi connectivity index (χ1v) is 14.1. The van der Waals surface area contributed by atoms with E-state index in [0.29, 0.717) is 17.6 Å². The highest BCUT2D eigenvalue weighted by atomic mass is 16.1. The number of carbonyl (C=O) groups excluding carboxylic acids is 1. The average Bonchev–Trinajstić information content (AvgIpc) is 3.34. The highest BCUT2D eigenvalue weighted by Gasteiger charge is 2.71. The number of carbonyl (C=O) groups is 1. The molecule has 0 aromatic heterocycles. The van der Waals surface area contributed by atoms with Crippen LogP contribution >= 0.6 is 0 Å². The molecule has 0 heterocycles. The minimum Gasteiger partial charge on any atom is -0.298 e. The van der Waals surface area contributed by atoms with Gasteiger partial charge in [-0.1, -0.05) is 126 Å². The fourth-order valence-corrected chi connectivity index (χ4v) is 9.36. The molecule has 4 aliphatic carbocycles. The van der Waals surface area contributed by atoms with Crippen LogP contribution in [0.2, 0.25) is 0 Å². The van der Waals surface area contributed by atoms with Crippen molar-refractivity contribution in [3.05, 3.63) is 82.9 Å². The molecule has 0 radical (unpaired) electrons. The molecule has 0 N–H and O–H groups in total. The molecule has 6 atom stereocenters. The van der Waals surface area contributed by atoms with Crippen molar-refractivity contribution in [3.8, 4) is 0 Å². The first-order valence-electron chi connectivity index (χ1n) is 14.1. The third-order valence-corrected chi connectivity index (χ3v) is 12.2. The molecule has 2 aromatic carbocycles. The van der Waals surface area contributed by atoms with E-state index in [1.807, 2.05) is 0 Å². The van der Waals surface area contributed by atoms with Crippen molar-refractivity contribution in [1.82, 2.24) is 0 Å². The second-order valence-corrected chi connectivity index (χ2v) is 13.8. The van der Waals surface area contributed by atoms with Crippen LogP contribution in [0.3, 0.4) is 0 Å². The number of ketones is 1. The van der Waals surface area contributed by atoms with Gasteiger partial charge in [0.25, 0.3) is 0 Å². The third-order valence-electron chi connectivity index (χ3n) is 12.2. The van der Waals surface area contributed by atoms with Crippen LogP contribution in [0.5, 0.6) is 0 Å². The number of hydrogen-bond acceptors (Lipinski definition) is 1. The van der Waals surface area contributed by atoms with Gasteiger partial charge in [0.2, 0.25) is 0 Å². The Bertz CT molecular complexity index is 1150. The molecule has 188 valence electrons. The van der Waals surface area contributed by atoms with Crippen molar-refractivity contribution in [3.63, 3.8) is 0 Å². The summed E-state index contributed by atoms with van der Waals surface area (Å²) < 4.78 is 0. The van der Waals surface area contributed by atoms with Gasteiger partial charge >= 0.3 is 0 Å². The molecule has 0 saturated heterocycles. The molecule has 4 aliphatic rings. The SMILES string of the molecule is CC1(C)C2CCC1(C)C(C(=O)C1C(=Cc3ccccc3)C3CCC1(C)C3(C)C)C2=Cc1ccccc1. The van der Waals surface area contributed by atoms with Gasteiger partial charge in [-0.2, -0.15) is 0 Å². The smallest absolute Gasteiger partial charge is 0.148 e. The standard InChI is InChI=1S/C35H42O/c1-32(2)27-17-19-34(32,5)29(25(27)21-23-13-9-7-10-14-23)31(36)30-26(22-24-15-11-8-12-16-24)28-18-20-35(30,6)33(28,3)4/h7-16,21-22,27-30H,17-20H2,1-6H3. The number of rotatable bonds is 4. The zero-order valence-corrected chi connectivity index (χ0v) is 23.0. The molecule has 1 nitrogen and oxygen atoms in total. The van der Waals surface area contributed by atoms with Crippen molar-refractivity contribution < 1.29 is 4.79 Å². The number of fused-ring (bicyclic) bond motifs is 4. The van der Waals surface area contributed by atoms with Gasteiger partial charge in [0.1, 0.15) is 5.78 Å². The maximum atomic E-state index is 15.1. The van der Waals surface area contributed by atoms with Crippen LogP contribution in [0.25, 0.3) is 12.2 Å². The van der Waals surface area contributed by atoms with E-state index >= 15 is 4.79 Å². The average molecular weight is 479 g/mol. The molecule has 36 heavy (non-hydrogen) atoms. The number of Topliss-reactive ketones (excluding diaryl/α,β-unsaturated/α-hetero) is 1. The molecule has 6 rings (SSSR count). The molecule has 4 bridgehead atoms. The number of allylic oxidation sites excluding steroid dienone is 2. The second kappa shape index (κ2) is 7.80. The highest BCUT2D eigenvalue weighted by molar-refractivity contribution is 5.94. The van der Waals surface area contributed by atoms with Crippen LogP contribution in [-0.4, -0.2) is 5.78 Å². The Morgan fingerprint density at radius 2 is 1.00 bits per heavy atom. The van der Waals surface area contributed by atoms with Crippen molar-refractivity contribution in [1.29, 1.82) is 0 Å². The van der Waals surface area contributed by atoms with E-state index in [2.05, 4.69) is 114 Å². The lowest BCUT2D eigenvalue weighted by Gasteiger charge is -2.44. The van der Waals surface area contributed by atoms with E-state index in [0.717, 1.165) is 12.8 Å². The van der Waals surface area contributed by atoms with E-state index in [1.165, 1.54) is 35.1 Å². The minimum absolute atomic E-state index is 0.00241. The van der Waals surface area contributed by atoms with E-state index in [9.17, 15) is 0 Å². The fraction of sp³-hybridized carbons (Fsp3) is 0.514. The molecule has 4 saturated carbocycles. The van der Waals surface area contributed by atoms with Crippen LogP contribution < -0.4 is 0 Å². The number of benzene rings is 2. The summed E-state index contributed by atoms with van der Waals surface area (Å²) in [7, 11) is 0. The van der Waals surface area contributed by atoms with Gasteiger partial charge in [0.15, 0.2) is 0 Å². The van der Waals surface area contributed by atoms with Gasteiger partial charge in [0.05, 0.1) is 0 Å². The molecule has 2 aromatic rings. The number of hydrogen-bond donors (Lipinski definition) is 0. The van der Waals surface area contributed by atoms with Crippen LogP contribution in [-0.2, 0) is 4.79 Å². The summed E-state index contributed by atoms with van der Waals surface area (Å²) in [4.78, 5) is 15.1.